The topological polar surface area (TPSA) is 54.5 Å². The Balaban J connectivity index is 1.56. The average Bonchev–Trinajstić information content (AvgIpc) is 3.58. The van der Waals surface area contributed by atoms with Crippen LogP contribution in [-0.2, 0) is 25.2 Å². The fourth-order valence-corrected chi connectivity index (χ4v) is 9.01. The van der Waals surface area contributed by atoms with E-state index < -0.39 is 34.5 Å². The Bertz CT molecular complexity index is 1970. The molecule has 1 saturated heterocycles. The Morgan fingerprint density at radius 3 is 1.39 bits per heavy atom. The molecule has 2 aliphatic carbocycles. The minimum absolute atomic E-state index is 0.193. The number of nitrogens with zero attached hydrogens (tertiary/aromatic N) is 1. The van der Waals surface area contributed by atoms with Crippen LogP contribution in [0.15, 0.2) is 133 Å². The lowest BCUT2D eigenvalue weighted by atomic mass is 9.59. The number of allylic oxidation sites excluding steroid dienone is 2. The number of halogens is 3. The molecule has 0 spiro atoms. The molecule has 4 atom stereocenters. The number of benzene rings is 5. The van der Waals surface area contributed by atoms with Crippen molar-refractivity contribution in [1.29, 1.82) is 0 Å². The molecule has 0 aromatic heterocycles. The standard InChI is InChI=1S/C39H24Cl2INO3/c40-27-18-14-25(15-19-27)38-31(23-8-3-1-4-9-23)32(24-10-5-2-6-11-24)39(37(38)46,26-16-20-28(41)21-17-26)34-33(38)35(44)43(36(34)45)30-13-7-12-29(42)22-30/h1-22,33-34H/t33-,34-,38-,39-/m0/s1. The number of ketones is 1. The van der Waals surface area contributed by atoms with Crippen LogP contribution in [0, 0.1) is 15.4 Å². The van der Waals surface area contributed by atoms with E-state index in [4.69, 9.17) is 23.2 Å². The first kappa shape index (κ1) is 29.4. The molecule has 0 N–H and O–H groups in total. The van der Waals surface area contributed by atoms with Crippen LogP contribution in [-0.4, -0.2) is 17.6 Å². The number of hydrogen-bond acceptors (Lipinski definition) is 3. The van der Waals surface area contributed by atoms with Crippen LogP contribution in [0.25, 0.3) is 11.1 Å². The third kappa shape index (κ3) is 3.82. The van der Waals surface area contributed by atoms with E-state index in [0.717, 1.165) is 25.8 Å². The predicted molar refractivity (Wildman–Crippen MR) is 190 cm³/mol. The summed E-state index contributed by atoms with van der Waals surface area (Å²) in [4.78, 5) is 47.3. The van der Waals surface area contributed by atoms with E-state index in [-0.39, 0.29) is 5.78 Å². The average molecular weight is 752 g/mol. The van der Waals surface area contributed by atoms with Crippen molar-refractivity contribution in [2.24, 2.45) is 11.8 Å². The summed E-state index contributed by atoms with van der Waals surface area (Å²) in [7, 11) is 0. The second kappa shape index (κ2) is 10.8. The van der Waals surface area contributed by atoms with Crippen molar-refractivity contribution >= 4 is 80.2 Å². The second-order valence-electron chi connectivity index (χ2n) is 11.9. The Labute approximate surface area is 289 Å². The van der Waals surface area contributed by atoms with E-state index in [1.807, 2.05) is 103 Å². The van der Waals surface area contributed by atoms with Gasteiger partial charge in [0.15, 0.2) is 5.78 Å². The maximum absolute atomic E-state index is 15.9. The molecule has 7 heteroatoms. The van der Waals surface area contributed by atoms with Crippen molar-refractivity contribution < 1.29 is 14.4 Å². The molecule has 5 aromatic carbocycles. The summed E-state index contributed by atoms with van der Waals surface area (Å²) >= 11 is 15.0. The highest BCUT2D eigenvalue weighted by Crippen LogP contribution is 2.74. The Hall–Kier alpha value is -4.04. The Morgan fingerprint density at radius 1 is 0.543 bits per heavy atom. The molecule has 1 aliphatic heterocycles. The van der Waals surface area contributed by atoms with E-state index in [2.05, 4.69) is 22.6 Å². The third-order valence-electron chi connectivity index (χ3n) is 9.78. The van der Waals surface area contributed by atoms with Crippen LogP contribution >= 0.6 is 45.8 Å². The Kier molecular flexibility index (Phi) is 6.87. The minimum Gasteiger partial charge on any atom is -0.297 e. The number of imide groups is 1. The number of hydrogen-bond donors (Lipinski definition) is 0. The van der Waals surface area contributed by atoms with Gasteiger partial charge in [0, 0.05) is 13.6 Å². The van der Waals surface area contributed by atoms with E-state index in [0.29, 0.717) is 26.9 Å². The molecule has 2 amide bonds. The maximum Gasteiger partial charge on any atom is 0.239 e. The lowest BCUT2D eigenvalue weighted by molar-refractivity contribution is -0.130. The van der Waals surface area contributed by atoms with E-state index in [9.17, 15) is 0 Å². The molecular formula is C39H24Cl2INO3. The SMILES string of the molecule is O=C1[C@@H]2[C@@H](C(=O)N1c1cccc(I)c1)[C@@]1(c3ccc(Cl)cc3)C(=O)[C@@]2(c2ccc(Cl)cc2)C(c2ccccc2)=C1c1ccccc1. The fraction of sp³-hybridized carbons (Fsp3) is 0.103. The summed E-state index contributed by atoms with van der Waals surface area (Å²) in [6.07, 6.45) is 0. The number of Topliss-reactive ketones (excluding diaryl/α,β-unsaturated/α-hetero) is 1. The molecular weight excluding hydrogens is 728 g/mol. The number of rotatable bonds is 5. The van der Waals surface area contributed by atoms with Crippen molar-refractivity contribution in [3.05, 3.63) is 169 Å². The maximum atomic E-state index is 15.9. The predicted octanol–water partition coefficient (Wildman–Crippen LogP) is 8.79. The van der Waals surface area contributed by atoms with Crippen molar-refractivity contribution in [2.45, 2.75) is 10.8 Å². The molecule has 8 rings (SSSR count). The van der Waals surface area contributed by atoms with Gasteiger partial charge in [-0.15, -0.1) is 0 Å². The van der Waals surface area contributed by atoms with E-state index in [1.54, 1.807) is 30.3 Å². The largest absolute Gasteiger partial charge is 0.297 e. The first-order chi connectivity index (χ1) is 22.3. The van der Waals surface area contributed by atoms with Gasteiger partial charge in [-0.1, -0.05) is 114 Å². The molecule has 3 aliphatic rings. The van der Waals surface area contributed by atoms with Crippen LogP contribution in [0.3, 0.4) is 0 Å². The minimum atomic E-state index is -1.50. The molecule has 0 radical (unpaired) electrons. The first-order valence-electron chi connectivity index (χ1n) is 14.9. The van der Waals surface area contributed by atoms with Crippen LogP contribution in [0.5, 0.6) is 0 Å². The van der Waals surface area contributed by atoms with Gasteiger partial charge in [0.1, 0.15) is 0 Å². The summed E-state index contributed by atoms with van der Waals surface area (Å²) in [6.45, 7) is 0. The lowest BCUT2D eigenvalue weighted by Crippen LogP contribution is -2.45. The summed E-state index contributed by atoms with van der Waals surface area (Å²) < 4.78 is 0.889. The molecule has 2 bridgehead atoms. The van der Waals surface area contributed by atoms with Gasteiger partial charge in [-0.05, 0) is 98.5 Å². The molecule has 1 heterocycles. The summed E-state index contributed by atoms with van der Waals surface area (Å²) in [5, 5.41) is 1.01. The van der Waals surface area contributed by atoms with Gasteiger partial charge in [0.25, 0.3) is 0 Å². The fourth-order valence-electron chi connectivity index (χ4n) is 8.23. The zero-order valence-corrected chi connectivity index (χ0v) is 27.8. The molecule has 2 fully saturated rings. The lowest BCUT2D eigenvalue weighted by Gasteiger charge is -2.39. The van der Waals surface area contributed by atoms with Gasteiger partial charge in [-0.3, -0.25) is 14.4 Å². The Morgan fingerprint density at radius 2 is 0.978 bits per heavy atom. The third-order valence-corrected chi connectivity index (χ3v) is 11.0. The van der Waals surface area contributed by atoms with Crippen molar-refractivity contribution in [2.75, 3.05) is 4.90 Å². The van der Waals surface area contributed by atoms with Crippen LogP contribution in [0.1, 0.15) is 22.3 Å². The van der Waals surface area contributed by atoms with E-state index in [1.165, 1.54) is 4.90 Å². The first-order valence-corrected chi connectivity index (χ1v) is 16.7. The molecule has 46 heavy (non-hydrogen) atoms. The van der Waals surface area contributed by atoms with Gasteiger partial charge in [-0.2, -0.15) is 0 Å². The molecule has 224 valence electrons. The van der Waals surface area contributed by atoms with E-state index >= 15 is 14.4 Å². The van der Waals surface area contributed by atoms with Crippen LogP contribution in [0.2, 0.25) is 10.0 Å². The van der Waals surface area contributed by atoms with Crippen LogP contribution < -0.4 is 4.90 Å². The molecule has 4 nitrogen and oxygen atoms in total. The monoisotopic (exact) mass is 751 g/mol. The van der Waals surface area contributed by atoms with Crippen molar-refractivity contribution in [1.82, 2.24) is 0 Å². The highest BCUT2D eigenvalue weighted by molar-refractivity contribution is 14.1. The number of amides is 2. The summed E-state index contributed by atoms with van der Waals surface area (Å²) in [5.41, 5.74) is 1.84. The smallest absolute Gasteiger partial charge is 0.239 e. The number of carbonyl (C=O) groups is 3. The number of carbonyl (C=O) groups excluding carboxylic acids is 3. The molecule has 1 saturated carbocycles. The highest BCUT2D eigenvalue weighted by Gasteiger charge is 2.82. The number of fused-ring (bicyclic) bond motifs is 5. The summed E-state index contributed by atoms with van der Waals surface area (Å²) in [5.74, 6) is -3.00. The van der Waals surface area contributed by atoms with Crippen LogP contribution in [0.4, 0.5) is 5.69 Å². The van der Waals surface area contributed by atoms with Gasteiger partial charge in [-0.25, -0.2) is 4.90 Å². The van der Waals surface area contributed by atoms with Crippen molar-refractivity contribution in [3.63, 3.8) is 0 Å². The second-order valence-corrected chi connectivity index (χ2v) is 14.0. The zero-order valence-electron chi connectivity index (χ0n) is 24.2. The van der Waals surface area contributed by atoms with Gasteiger partial charge < -0.3 is 0 Å². The summed E-state index contributed by atoms with van der Waals surface area (Å²) in [6, 6.07) is 41.2. The van der Waals surface area contributed by atoms with Crippen molar-refractivity contribution in [3.8, 4) is 0 Å². The quantitative estimate of drug-likeness (QED) is 0.133. The van der Waals surface area contributed by atoms with Gasteiger partial charge in [0.2, 0.25) is 11.8 Å². The number of anilines is 1. The van der Waals surface area contributed by atoms with Gasteiger partial charge in [0.05, 0.1) is 28.4 Å². The highest BCUT2D eigenvalue weighted by atomic mass is 127. The molecule has 0 unspecified atom stereocenters. The normalized spacial score (nSPS) is 25.0. The zero-order chi connectivity index (χ0) is 31.8. The van der Waals surface area contributed by atoms with Gasteiger partial charge >= 0.3 is 0 Å². The molecule has 5 aromatic rings.